The molecule has 5 rings (SSSR count). The number of carbonyl (C=O) groups is 2. The number of anilines is 1. The number of pyridine rings is 1. The van der Waals surface area contributed by atoms with Crippen LogP contribution < -0.4 is 20.5 Å². The lowest BCUT2D eigenvalue weighted by atomic mass is 9.86. The molecule has 3 amide bonds. The molecule has 3 aliphatic rings. The maximum absolute atomic E-state index is 14.4. The van der Waals surface area contributed by atoms with Crippen LogP contribution in [0.15, 0.2) is 30.3 Å². The molecule has 11 heteroatoms. The minimum absolute atomic E-state index is 0.0847. The smallest absolute Gasteiger partial charge is 0.326 e. The molecule has 210 valence electrons. The summed E-state index contributed by atoms with van der Waals surface area (Å²) < 4.78 is 20.1. The van der Waals surface area contributed by atoms with E-state index in [2.05, 4.69) is 10.9 Å². The van der Waals surface area contributed by atoms with Crippen molar-refractivity contribution in [1.82, 2.24) is 30.5 Å². The Morgan fingerprint density at radius 2 is 1.90 bits per heavy atom. The van der Waals surface area contributed by atoms with Crippen molar-refractivity contribution in [3.05, 3.63) is 52.8 Å². The number of ether oxygens (including phenoxy) is 1. The minimum atomic E-state index is -0.502. The second-order valence-corrected chi connectivity index (χ2v) is 11.0. The summed E-state index contributed by atoms with van der Waals surface area (Å²) in [6, 6.07) is 8.70. The fourth-order valence-corrected chi connectivity index (χ4v) is 5.92. The lowest BCUT2D eigenvalue weighted by molar-refractivity contribution is -0.134. The number of nitrogens with one attached hydrogen (secondary N) is 2. The zero-order chi connectivity index (χ0) is 27.7. The van der Waals surface area contributed by atoms with Crippen LogP contribution in [-0.2, 0) is 11.3 Å². The van der Waals surface area contributed by atoms with Crippen molar-refractivity contribution in [2.24, 2.45) is 0 Å². The molecule has 3 fully saturated rings. The van der Waals surface area contributed by atoms with Crippen LogP contribution in [0.2, 0.25) is 0 Å². The minimum Gasteiger partial charge on any atom is -0.481 e. The predicted molar refractivity (Wildman–Crippen MR) is 146 cm³/mol. The average molecular weight is 540 g/mol. The van der Waals surface area contributed by atoms with Crippen LogP contribution in [0, 0.1) is 12.7 Å². The number of halogens is 1. The molecular weight excluding hydrogens is 501 g/mol. The number of benzene rings is 1. The Labute approximate surface area is 229 Å². The average Bonchev–Trinajstić information content (AvgIpc) is 3.54. The molecule has 1 aromatic heterocycles. The Bertz CT molecular complexity index is 1230. The van der Waals surface area contributed by atoms with Gasteiger partial charge in [0.15, 0.2) is 0 Å². The first-order chi connectivity index (χ1) is 18.7. The van der Waals surface area contributed by atoms with E-state index in [1.807, 2.05) is 47.0 Å². The van der Waals surface area contributed by atoms with Crippen LogP contribution in [0.4, 0.5) is 15.0 Å². The van der Waals surface area contributed by atoms with Crippen molar-refractivity contribution in [3.63, 3.8) is 0 Å². The third-order valence-electron chi connectivity index (χ3n) is 8.30. The highest BCUT2D eigenvalue weighted by Gasteiger charge is 2.52. The van der Waals surface area contributed by atoms with E-state index >= 15 is 0 Å². The summed E-state index contributed by atoms with van der Waals surface area (Å²) in [5.74, 6) is 1.06. The van der Waals surface area contributed by atoms with Gasteiger partial charge in [-0.15, -0.1) is 0 Å². The second-order valence-electron chi connectivity index (χ2n) is 11.0. The van der Waals surface area contributed by atoms with Gasteiger partial charge in [-0.3, -0.25) is 20.5 Å². The molecule has 3 aliphatic heterocycles. The SMILES string of the molecule is COc1nc(N2CC3(CCN(C(=O)CN(C)C)CC3)N(Cc3cccc(F)c3C)C2=O)ccc1C1CNNC1. The molecular formula is C28H38FN7O3. The number of piperidine rings is 1. The monoisotopic (exact) mass is 539 g/mol. The fourth-order valence-electron chi connectivity index (χ4n) is 5.92. The van der Waals surface area contributed by atoms with E-state index in [4.69, 9.17) is 9.72 Å². The highest BCUT2D eigenvalue weighted by molar-refractivity contribution is 5.94. The summed E-state index contributed by atoms with van der Waals surface area (Å²) in [5.41, 5.74) is 8.07. The van der Waals surface area contributed by atoms with Gasteiger partial charge in [0.05, 0.1) is 25.7 Å². The van der Waals surface area contributed by atoms with Crippen LogP contribution in [0.3, 0.4) is 0 Å². The number of hydrogen-bond acceptors (Lipinski definition) is 7. The molecule has 3 saturated heterocycles. The van der Waals surface area contributed by atoms with Gasteiger partial charge in [-0.25, -0.2) is 9.18 Å². The number of hydrazine groups is 1. The maximum atomic E-state index is 14.4. The molecule has 39 heavy (non-hydrogen) atoms. The number of rotatable bonds is 7. The summed E-state index contributed by atoms with van der Waals surface area (Å²) in [5, 5.41) is 0. The number of carbonyl (C=O) groups excluding carboxylic acids is 2. The molecule has 0 aliphatic carbocycles. The van der Waals surface area contributed by atoms with Crippen LogP contribution >= 0.6 is 0 Å². The maximum Gasteiger partial charge on any atom is 0.326 e. The van der Waals surface area contributed by atoms with Crippen molar-refractivity contribution in [2.45, 2.75) is 37.8 Å². The number of methoxy groups -OCH3 is 1. The lowest BCUT2D eigenvalue weighted by Crippen LogP contribution is -2.56. The number of hydrogen-bond donors (Lipinski definition) is 2. The van der Waals surface area contributed by atoms with Crippen molar-refractivity contribution in [2.75, 3.05) is 65.4 Å². The van der Waals surface area contributed by atoms with E-state index in [0.29, 0.717) is 62.8 Å². The Morgan fingerprint density at radius 3 is 2.56 bits per heavy atom. The van der Waals surface area contributed by atoms with Gasteiger partial charge in [0.2, 0.25) is 11.8 Å². The van der Waals surface area contributed by atoms with E-state index in [9.17, 15) is 14.0 Å². The Balaban J connectivity index is 1.45. The van der Waals surface area contributed by atoms with E-state index < -0.39 is 5.54 Å². The molecule has 1 spiro atoms. The van der Waals surface area contributed by atoms with Crippen LogP contribution in [0.5, 0.6) is 5.88 Å². The van der Waals surface area contributed by atoms with E-state index in [0.717, 1.165) is 24.2 Å². The van der Waals surface area contributed by atoms with Gasteiger partial charge in [0.1, 0.15) is 11.6 Å². The number of likely N-dealkylation sites (tertiary alicyclic amines) is 1. The van der Waals surface area contributed by atoms with Gasteiger partial charge in [0, 0.05) is 44.2 Å². The Morgan fingerprint density at radius 1 is 1.18 bits per heavy atom. The number of amides is 3. The highest BCUT2D eigenvalue weighted by Crippen LogP contribution is 2.40. The first-order valence-electron chi connectivity index (χ1n) is 13.5. The standard InChI is InChI=1S/C28H38FN7O3/c1-19-20(6-5-7-23(19)29)16-36-27(38)35(18-28(36)10-12-34(13-11-28)25(37)17-33(2)3)24-9-8-22(26(32-24)39-4)21-14-30-31-15-21/h5-9,21,30-31H,10-18H2,1-4H3. The van der Waals surface area contributed by atoms with Crippen molar-refractivity contribution < 1.29 is 18.7 Å². The van der Waals surface area contributed by atoms with Crippen LogP contribution in [0.25, 0.3) is 0 Å². The van der Waals surface area contributed by atoms with Crippen LogP contribution in [0.1, 0.15) is 35.4 Å². The molecule has 10 nitrogen and oxygen atoms in total. The van der Waals surface area contributed by atoms with Crippen molar-refractivity contribution in [1.29, 1.82) is 0 Å². The first kappa shape index (κ1) is 27.3. The topological polar surface area (TPSA) is 93.3 Å². The summed E-state index contributed by atoms with van der Waals surface area (Å²) in [4.78, 5) is 38.9. The highest BCUT2D eigenvalue weighted by atomic mass is 19.1. The molecule has 0 radical (unpaired) electrons. The summed E-state index contributed by atoms with van der Waals surface area (Å²) >= 11 is 0. The van der Waals surface area contributed by atoms with Gasteiger partial charge in [-0.2, -0.15) is 4.98 Å². The third kappa shape index (κ3) is 5.30. The number of likely N-dealkylation sites (N-methyl/N-ethyl adjacent to an activating group) is 1. The van der Waals surface area contributed by atoms with Crippen LogP contribution in [-0.4, -0.2) is 97.6 Å². The quantitative estimate of drug-likeness (QED) is 0.557. The second kappa shape index (κ2) is 11.1. The largest absolute Gasteiger partial charge is 0.481 e. The number of nitrogens with zero attached hydrogens (tertiary/aromatic N) is 5. The van der Waals surface area contributed by atoms with Gasteiger partial charge in [-0.1, -0.05) is 12.1 Å². The summed E-state index contributed by atoms with van der Waals surface area (Å²) in [6.07, 6.45) is 1.27. The molecule has 1 aromatic carbocycles. The Hall–Kier alpha value is -3.28. The predicted octanol–water partition coefficient (Wildman–Crippen LogP) is 2.09. The lowest BCUT2D eigenvalue weighted by Gasteiger charge is -2.44. The van der Waals surface area contributed by atoms with E-state index in [1.165, 1.54) is 6.07 Å². The molecule has 0 atom stereocenters. The summed E-state index contributed by atoms with van der Waals surface area (Å²) in [6.45, 7) is 5.49. The van der Waals surface area contributed by atoms with E-state index in [-0.39, 0.29) is 23.7 Å². The van der Waals surface area contributed by atoms with Gasteiger partial charge in [0.25, 0.3) is 0 Å². The molecule has 0 saturated carbocycles. The summed E-state index contributed by atoms with van der Waals surface area (Å²) in [7, 11) is 5.36. The van der Waals surface area contributed by atoms with Gasteiger partial charge < -0.3 is 19.4 Å². The van der Waals surface area contributed by atoms with Gasteiger partial charge in [-0.05, 0) is 63.2 Å². The fraction of sp³-hybridized carbons (Fsp3) is 0.536. The zero-order valence-electron chi connectivity index (χ0n) is 23.2. The van der Waals surface area contributed by atoms with Gasteiger partial charge >= 0.3 is 6.03 Å². The molecule has 4 heterocycles. The molecule has 0 unspecified atom stereocenters. The first-order valence-corrected chi connectivity index (χ1v) is 13.5. The Kier molecular flexibility index (Phi) is 7.75. The van der Waals surface area contributed by atoms with E-state index in [1.54, 1.807) is 25.0 Å². The molecule has 2 N–H and O–H groups in total. The molecule has 2 aromatic rings. The number of urea groups is 1. The zero-order valence-corrected chi connectivity index (χ0v) is 23.2. The molecule has 0 bridgehead atoms. The number of aromatic nitrogens is 1. The van der Waals surface area contributed by atoms with Crippen molar-refractivity contribution in [3.8, 4) is 5.88 Å². The third-order valence-corrected chi connectivity index (χ3v) is 8.30. The van der Waals surface area contributed by atoms with Crippen molar-refractivity contribution >= 4 is 17.8 Å². The normalized spacial score (nSPS) is 19.5.